The molecule has 4 nitrogen and oxygen atoms in total. The Bertz CT molecular complexity index is 1420. The quantitative estimate of drug-likeness (QED) is 0.281. The average molecular weight is 564 g/mol. The zero-order valence-corrected chi connectivity index (χ0v) is 23.3. The SMILES string of the molecule is COc1cc(F)c(C(C)C)cc1-c1c(Cl)cc(C)cc1CN1C(=O)O[C@H](c2cc(C)cc(C(F)(F)F)c2)[C@@H]1C. The van der Waals surface area contributed by atoms with Gasteiger partial charge in [0.15, 0.2) is 0 Å². The van der Waals surface area contributed by atoms with Crippen LogP contribution in [0, 0.1) is 19.7 Å². The van der Waals surface area contributed by atoms with Crippen LogP contribution < -0.4 is 4.74 Å². The Morgan fingerprint density at radius 3 is 2.33 bits per heavy atom. The zero-order valence-electron chi connectivity index (χ0n) is 22.5. The van der Waals surface area contributed by atoms with Crippen LogP contribution in [0.4, 0.5) is 22.4 Å². The molecule has 0 spiro atoms. The maximum Gasteiger partial charge on any atom is 0.416 e. The number of alkyl halides is 3. The standard InChI is InChI=1S/C30H30ClF4NO3/c1-15(2)22-12-23(26(38-6)13-25(22)32)27-20(8-17(4)10-24(27)31)14-36-18(5)28(39-29(36)37)19-7-16(3)9-21(11-19)30(33,34)35/h7-13,15,18,28H,14H2,1-6H3/t18-,28-/m0/s1. The third-order valence-electron chi connectivity index (χ3n) is 7.01. The number of amides is 1. The predicted molar refractivity (Wildman–Crippen MR) is 143 cm³/mol. The molecule has 1 fully saturated rings. The van der Waals surface area contributed by atoms with E-state index in [4.69, 9.17) is 21.1 Å². The van der Waals surface area contributed by atoms with Crippen molar-refractivity contribution in [1.29, 1.82) is 0 Å². The topological polar surface area (TPSA) is 38.8 Å². The highest BCUT2D eigenvalue weighted by Crippen LogP contribution is 2.43. The smallest absolute Gasteiger partial charge is 0.416 e. The summed E-state index contributed by atoms with van der Waals surface area (Å²) in [5.41, 5.74) is 3.05. The number of cyclic esters (lactones) is 1. The Hall–Kier alpha value is -3.26. The van der Waals surface area contributed by atoms with Crippen LogP contribution in [0.2, 0.25) is 5.02 Å². The van der Waals surface area contributed by atoms with E-state index in [1.807, 2.05) is 26.8 Å². The Morgan fingerprint density at radius 2 is 1.72 bits per heavy atom. The van der Waals surface area contributed by atoms with E-state index in [0.717, 1.165) is 17.7 Å². The van der Waals surface area contributed by atoms with Gasteiger partial charge in [-0.3, -0.25) is 4.90 Å². The Labute approximate surface area is 230 Å². The van der Waals surface area contributed by atoms with E-state index in [0.29, 0.717) is 38.6 Å². The molecule has 2 atom stereocenters. The van der Waals surface area contributed by atoms with E-state index in [1.54, 1.807) is 32.0 Å². The number of benzene rings is 3. The lowest BCUT2D eigenvalue weighted by Crippen LogP contribution is -2.31. The first kappa shape index (κ1) is 28.7. The largest absolute Gasteiger partial charge is 0.496 e. The molecular formula is C30H30ClF4NO3. The van der Waals surface area contributed by atoms with Crippen molar-refractivity contribution in [2.75, 3.05) is 7.11 Å². The third kappa shape index (κ3) is 5.71. The Balaban J connectivity index is 1.77. The summed E-state index contributed by atoms with van der Waals surface area (Å²) in [5, 5.41) is 0.398. The minimum Gasteiger partial charge on any atom is -0.496 e. The van der Waals surface area contributed by atoms with Crippen molar-refractivity contribution in [3.05, 3.63) is 86.7 Å². The van der Waals surface area contributed by atoms with Gasteiger partial charge in [0, 0.05) is 22.2 Å². The summed E-state index contributed by atoms with van der Waals surface area (Å²) >= 11 is 6.74. The molecule has 9 heteroatoms. The van der Waals surface area contributed by atoms with Crippen LogP contribution in [-0.2, 0) is 17.5 Å². The number of hydrogen-bond donors (Lipinski definition) is 0. The normalized spacial score (nSPS) is 17.6. The van der Waals surface area contributed by atoms with Gasteiger partial charge in [-0.1, -0.05) is 43.1 Å². The van der Waals surface area contributed by atoms with E-state index in [2.05, 4.69) is 0 Å². The van der Waals surface area contributed by atoms with Crippen molar-refractivity contribution in [2.24, 2.45) is 0 Å². The maximum atomic E-state index is 14.8. The number of hydrogen-bond acceptors (Lipinski definition) is 3. The molecule has 1 amide bonds. The van der Waals surface area contributed by atoms with Crippen LogP contribution in [0.25, 0.3) is 11.1 Å². The molecule has 0 N–H and O–H groups in total. The van der Waals surface area contributed by atoms with Crippen molar-refractivity contribution in [1.82, 2.24) is 4.90 Å². The molecule has 0 bridgehead atoms. The summed E-state index contributed by atoms with van der Waals surface area (Å²) in [4.78, 5) is 14.5. The highest BCUT2D eigenvalue weighted by molar-refractivity contribution is 6.33. The first-order chi connectivity index (χ1) is 18.2. The highest BCUT2D eigenvalue weighted by atomic mass is 35.5. The molecule has 208 valence electrons. The van der Waals surface area contributed by atoms with Crippen LogP contribution in [0.5, 0.6) is 5.75 Å². The molecule has 0 saturated carbocycles. The summed E-state index contributed by atoms with van der Waals surface area (Å²) in [6.45, 7) is 9.00. The number of carbonyl (C=O) groups is 1. The summed E-state index contributed by atoms with van der Waals surface area (Å²) in [5.74, 6) is -0.211. The molecule has 0 aliphatic carbocycles. The second-order valence-electron chi connectivity index (χ2n) is 10.3. The van der Waals surface area contributed by atoms with Gasteiger partial charge in [-0.2, -0.15) is 13.2 Å². The lowest BCUT2D eigenvalue weighted by molar-refractivity contribution is -0.137. The number of carbonyl (C=O) groups excluding carboxylic acids is 1. The molecule has 4 rings (SSSR count). The second-order valence-corrected chi connectivity index (χ2v) is 10.7. The summed E-state index contributed by atoms with van der Waals surface area (Å²) in [6, 6.07) is 9.79. The van der Waals surface area contributed by atoms with E-state index in [-0.39, 0.29) is 18.0 Å². The molecular weight excluding hydrogens is 534 g/mol. The van der Waals surface area contributed by atoms with E-state index in [9.17, 15) is 22.4 Å². The predicted octanol–water partition coefficient (Wildman–Crippen LogP) is 9.00. The van der Waals surface area contributed by atoms with Gasteiger partial charge in [0.05, 0.1) is 25.3 Å². The second kappa shape index (κ2) is 10.7. The molecule has 1 heterocycles. The molecule has 0 aromatic heterocycles. The zero-order chi connectivity index (χ0) is 28.8. The maximum absolute atomic E-state index is 14.8. The number of methoxy groups -OCH3 is 1. The first-order valence-corrected chi connectivity index (χ1v) is 12.9. The molecule has 3 aromatic carbocycles. The van der Waals surface area contributed by atoms with Crippen molar-refractivity contribution in [3.8, 4) is 16.9 Å². The summed E-state index contributed by atoms with van der Waals surface area (Å²) in [6.07, 6.45) is -6.07. The Kier molecular flexibility index (Phi) is 7.90. The molecule has 0 radical (unpaired) electrons. The number of rotatable bonds is 6. The molecule has 3 aromatic rings. The first-order valence-electron chi connectivity index (χ1n) is 12.5. The monoisotopic (exact) mass is 563 g/mol. The minimum absolute atomic E-state index is 0.0721. The molecule has 1 aliphatic heterocycles. The fourth-order valence-corrected chi connectivity index (χ4v) is 5.50. The van der Waals surface area contributed by atoms with Crippen molar-refractivity contribution in [2.45, 2.75) is 65.4 Å². The lowest BCUT2D eigenvalue weighted by Gasteiger charge is -2.24. The summed E-state index contributed by atoms with van der Waals surface area (Å²) in [7, 11) is 1.44. The van der Waals surface area contributed by atoms with Gasteiger partial charge < -0.3 is 9.47 Å². The van der Waals surface area contributed by atoms with Crippen molar-refractivity contribution >= 4 is 17.7 Å². The van der Waals surface area contributed by atoms with Crippen molar-refractivity contribution < 1.29 is 31.8 Å². The van der Waals surface area contributed by atoms with Crippen molar-refractivity contribution in [3.63, 3.8) is 0 Å². The average Bonchev–Trinajstić information content (AvgIpc) is 3.11. The number of aryl methyl sites for hydroxylation is 2. The molecule has 1 saturated heterocycles. The third-order valence-corrected chi connectivity index (χ3v) is 7.31. The van der Waals surface area contributed by atoms with E-state index < -0.39 is 35.8 Å². The van der Waals surface area contributed by atoms with Gasteiger partial charge in [-0.25, -0.2) is 9.18 Å². The van der Waals surface area contributed by atoms with Crippen LogP contribution in [0.1, 0.15) is 66.2 Å². The van der Waals surface area contributed by atoms with Crippen LogP contribution in [0.3, 0.4) is 0 Å². The van der Waals surface area contributed by atoms with Crippen LogP contribution in [-0.4, -0.2) is 24.1 Å². The fourth-order valence-electron chi connectivity index (χ4n) is 5.10. The number of halogens is 5. The van der Waals surface area contributed by atoms with Gasteiger partial charge in [-0.15, -0.1) is 0 Å². The van der Waals surface area contributed by atoms with Gasteiger partial charge in [0.1, 0.15) is 17.7 Å². The Morgan fingerprint density at radius 1 is 1.05 bits per heavy atom. The molecule has 39 heavy (non-hydrogen) atoms. The molecule has 1 aliphatic rings. The number of nitrogens with zero attached hydrogens (tertiary/aromatic N) is 1. The van der Waals surface area contributed by atoms with Crippen LogP contribution >= 0.6 is 11.6 Å². The number of ether oxygens (including phenoxy) is 2. The van der Waals surface area contributed by atoms with Gasteiger partial charge >= 0.3 is 12.3 Å². The molecule has 0 unspecified atom stereocenters. The van der Waals surface area contributed by atoms with Gasteiger partial charge in [0.2, 0.25) is 0 Å². The van der Waals surface area contributed by atoms with E-state index in [1.165, 1.54) is 18.1 Å². The van der Waals surface area contributed by atoms with Crippen LogP contribution in [0.15, 0.2) is 42.5 Å². The van der Waals surface area contributed by atoms with E-state index >= 15 is 0 Å². The van der Waals surface area contributed by atoms with Gasteiger partial charge in [0.25, 0.3) is 0 Å². The fraction of sp³-hybridized carbons (Fsp3) is 0.367. The summed E-state index contributed by atoms with van der Waals surface area (Å²) < 4.78 is 66.2. The lowest BCUT2D eigenvalue weighted by atomic mass is 9.92. The highest BCUT2D eigenvalue weighted by Gasteiger charge is 2.41. The van der Waals surface area contributed by atoms with Gasteiger partial charge in [-0.05, 0) is 73.2 Å². The minimum atomic E-state index is -4.53.